The zero-order valence-corrected chi connectivity index (χ0v) is 13.0. The van der Waals surface area contributed by atoms with Crippen molar-refractivity contribution in [3.8, 4) is 0 Å². The zero-order chi connectivity index (χ0) is 15.6. The summed E-state index contributed by atoms with van der Waals surface area (Å²) in [7, 11) is 0. The molecule has 2 N–H and O–H groups in total. The molecule has 23 heavy (non-hydrogen) atoms. The zero-order valence-electron chi connectivity index (χ0n) is 13.0. The van der Waals surface area contributed by atoms with Crippen molar-refractivity contribution >= 4 is 5.91 Å². The topological polar surface area (TPSA) is 71.8 Å². The van der Waals surface area contributed by atoms with Crippen LogP contribution in [0.3, 0.4) is 0 Å². The molecule has 6 heteroatoms. The van der Waals surface area contributed by atoms with E-state index in [1.165, 1.54) is 12.8 Å². The maximum absolute atomic E-state index is 12.4. The monoisotopic (exact) mass is 311 g/mol. The standard InChI is InChI=1S/C17H21N5O/c23-17(19-15-8-13-6-7-14(9-15)18-13)16-11-22(21-20-16)10-12-4-2-1-3-5-12/h1-5,11,13-15,18H,6-10H2,(H,19,23). The first-order valence-electron chi connectivity index (χ1n) is 8.27. The molecule has 4 rings (SSSR count). The lowest BCUT2D eigenvalue weighted by Gasteiger charge is -2.29. The van der Waals surface area contributed by atoms with Crippen LogP contribution in [0.2, 0.25) is 0 Å². The van der Waals surface area contributed by atoms with E-state index in [1.54, 1.807) is 10.9 Å². The maximum atomic E-state index is 12.4. The Balaban J connectivity index is 1.37. The molecule has 0 saturated carbocycles. The molecule has 2 aliphatic heterocycles. The largest absolute Gasteiger partial charge is 0.348 e. The Bertz CT molecular complexity index is 671. The minimum Gasteiger partial charge on any atom is -0.348 e. The molecule has 2 aliphatic rings. The van der Waals surface area contributed by atoms with Crippen LogP contribution in [0.4, 0.5) is 0 Å². The molecule has 0 radical (unpaired) electrons. The van der Waals surface area contributed by atoms with Crippen molar-refractivity contribution in [3.05, 3.63) is 47.8 Å². The summed E-state index contributed by atoms with van der Waals surface area (Å²) in [5, 5.41) is 14.8. The first kappa shape index (κ1) is 14.4. The molecule has 2 atom stereocenters. The quantitative estimate of drug-likeness (QED) is 0.894. The molecule has 3 heterocycles. The summed E-state index contributed by atoms with van der Waals surface area (Å²) in [6.45, 7) is 0.624. The molecular weight excluding hydrogens is 290 g/mol. The SMILES string of the molecule is O=C(NC1CC2CCC(C1)N2)c1cn(Cc2ccccc2)nn1. The number of fused-ring (bicyclic) bond motifs is 2. The Morgan fingerprint density at radius 3 is 2.70 bits per heavy atom. The number of nitrogens with one attached hydrogen (secondary N) is 2. The van der Waals surface area contributed by atoms with Crippen molar-refractivity contribution in [2.45, 2.75) is 50.4 Å². The van der Waals surface area contributed by atoms with Crippen molar-refractivity contribution < 1.29 is 4.79 Å². The first-order chi connectivity index (χ1) is 11.3. The van der Waals surface area contributed by atoms with E-state index in [9.17, 15) is 4.79 Å². The number of amides is 1. The third-order valence-corrected chi connectivity index (χ3v) is 4.77. The molecule has 1 aromatic carbocycles. The van der Waals surface area contributed by atoms with Gasteiger partial charge in [-0.05, 0) is 31.2 Å². The molecule has 2 bridgehead atoms. The summed E-state index contributed by atoms with van der Waals surface area (Å²) >= 11 is 0. The molecule has 6 nitrogen and oxygen atoms in total. The normalized spacial score (nSPS) is 26.2. The van der Waals surface area contributed by atoms with Gasteiger partial charge in [-0.3, -0.25) is 4.79 Å². The van der Waals surface area contributed by atoms with Gasteiger partial charge in [-0.15, -0.1) is 5.10 Å². The molecule has 2 saturated heterocycles. The van der Waals surface area contributed by atoms with Gasteiger partial charge in [0.25, 0.3) is 5.91 Å². The third kappa shape index (κ3) is 3.27. The van der Waals surface area contributed by atoms with E-state index >= 15 is 0 Å². The fourth-order valence-corrected chi connectivity index (χ4v) is 3.68. The second kappa shape index (κ2) is 6.12. The molecule has 2 aromatic rings. The van der Waals surface area contributed by atoms with Gasteiger partial charge in [-0.2, -0.15) is 0 Å². The van der Waals surface area contributed by atoms with Crippen molar-refractivity contribution in [2.75, 3.05) is 0 Å². The van der Waals surface area contributed by atoms with Gasteiger partial charge in [0.05, 0.1) is 12.7 Å². The number of hydrogen-bond acceptors (Lipinski definition) is 4. The Morgan fingerprint density at radius 1 is 1.22 bits per heavy atom. The van der Waals surface area contributed by atoms with Gasteiger partial charge in [0.15, 0.2) is 5.69 Å². The number of carbonyl (C=O) groups excluding carboxylic acids is 1. The summed E-state index contributed by atoms with van der Waals surface area (Å²) in [5.74, 6) is -0.115. The van der Waals surface area contributed by atoms with Crippen molar-refractivity contribution in [2.24, 2.45) is 0 Å². The highest BCUT2D eigenvalue weighted by molar-refractivity contribution is 5.92. The minimum atomic E-state index is -0.115. The molecule has 0 spiro atoms. The number of aromatic nitrogens is 3. The Kier molecular flexibility index (Phi) is 3.83. The Morgan fingerprint density at radius 2 is 1.96 bits per heavy atom. The van der Waals surface area contributed by atoms with E-state index < -0.39 is 0 Å². The average molecular weight is 311 g/mol. The lowest BCUT2D eigenvalue weighted by atomic mass is 10.00. The van der Waals surface area contributed by atoms with Crippen LogP contribution in [0, 0.1) is 0 Å². The van der Waals surface area contributed by atoms with Crippen LogP contribution >= 0.6 is 0 Å². The van der Waals surface area contributed by atoms with Crippen LogP contribution in [-0.4, -0.2) is 39.0 Å². The molecule has 2 unspecified atom stereocenters. The van der Waals surface area contributed by atoms with E-state index in [-0.39, 0.29) is 11.9 Å². The van der Waals surface area contributed by atoms with Gasteiger partial charge in [-0.25, -0.2) is 4.68 Å². The summed E-state index contributed by atoms with van der Waals surface area (Å²) in [6.07, 6.45) is 6.20. The third-order valence-electron chi connectivity index (χ3n) is 4.77. The van der Waals surface area contributed by atoms with Crippen molar-refractivity contribution in [1.82, 2.24) is 25.6 Å². The van der Waals surface area contributed by atoms with E-state index in [4.69, 9.17) is 0 Å². The van der Waals surface area contributed by atoms with E-state index in [2.05, 4.69) is 20.9 Å². The Labute approximate surface area is 135 Å². The van der Waals surface area contributed by atoms with E-state index in [0.717, 1.165) is 18.4 Å². The van der Waals surface area contributed by atoms with Crippen LogP contribution in [0.15, 0.2) is 36.5 Å². The maximum Gasteiger partial charge on any atom is 0.273 e. The highest BCUT2D eigenvalue weighted by Gasteiger charge is 2.34. The lowest BCUT2D eigenvalue weighted by molar-refractivity contribution is 0.0919. The minimum absolute atomic E-state index is 0.115. The van der Waals surface area contributed by atoms with E-state index in [1.807, 2.05) is 30.3 Å². The number of piperidine rings is 1. The highest BCUT2D eigenvalue weighted by Crippen LogP contribution is 2.26. The molecule has 1 aromatic heterocycles. The summed E-state index contributed by atoms with van der Waals surface area (Å²) in [5.41, 5.74) is 1.53. The fraction of sp³-hybridized carbons (Fsp3) is 0.471. The van der Waals surface area contributed by atoms with Crippen molar-refractivity contribution in [3.63, 3.8) is 0 Å². The van der Waals surface area contributed by atoms with Crippen LogP contribution in [-0.2, 0) is 6.54 Å². The smallest absolute Gasteiger partial charge is 0.273 e. The Hall–Kier alpha value is -2.21. The van der Waals surface area contributed by atoms with Gasteiger partial charge in [-0.1, -0.05) is 35.5 Å². The van der Waals surface area contributed by atoms with Gasteiger partial charge < -0.3 is 10.6 Å². The predicted molar refractivity (Wildman–Crippen MR) is 86.0 cm³/mol. The molecule has 120 valence electrons. The summed E-state index contributed by atoms with van der Waals surface area (Å²) < 4.78 is 1.70. The van der Waals surface area contributed by atoms with Crippen LogP contribution in [0.1, 0.15) is 41.7 Å². The van der Waals surface area contributed by atoms with Gasteiger partial charge in [0.2, 0.25) is 0 Å². The first-order valence-corrected chi connectivity index (χ1v) is 8.27. The van der Waals surface area contributed by atoms with E-state index in [0.29, 0.717) is 24.3 Å². The number of nitrogens with zero attached hydrogens (tertiary/aromatic N) is 3. The predicted octanol–water partition coefficient (Wildman–Crippen LogP) is 1.34. The van der Waals surface area contributed by atoms with Crippen LogP contribution in [0.25, 0.3) is 0 Å². The van der Waals surface area contributed by atoms with Crippen LogP contribution in [0.5, 0.6) is 0 Å². The number of carbonyl (C=O) groups is 1. The van der Waals surface area contributed by atoms with Crippen LogP contribution < -0.4 is 10.6 Å². The molecule has 0 aliphatic carbocycles. The molecular formula is C17H21N5O. The van der Waals surface area contributed by atoms with Gasteiger partial charge >= 0.3 is 0 Å². The van der Waals surface area contributed by atoms with Gasteiger partial charge in [0.1, 0.15) is 0 Å². The van der Waals surface area contributed by atoms with Gasteiger partial charge in [0, 0.05) is 18.1 Å². The molecule has 1 amide bonds. The number of hydrogen-bond donors (Lipinski definition) is 2. The lowest BCUT2D eigenvalue weighted by Crippen LogP contribution is -2.48. The number of rotatable bonds is 4. The van der Waals surface area contributed by atoms with Crippen molar-refractivity contribution in [1.29, 1.82) is 0 Å². The number of benzene rings is 1. The fourth-order valence-electron chi connectivity index (χ4n) is 3.68. The second-order valence-electron chi connectivity index (χ2n) is 6.57. The average Bonchev–Trinajstić information content (AvgIpc) is 3.15. The highest BCUT2D eigenvalue weighted by atomic mass is 16.2. The summed E-state index contributed by atoms with van der Waals surface area (Å²) in [6, 6.07) is 11.4. The summed E-state index contributed by atoms with van der Waals surface area (Å²) in [4.78, 5) is 12.4. The second-order valence-corrected chi connectivity index (χ2v) is 6.57. The molecule has 2 fully saturated rings.